The Balaban J connectivity index is 0.00000256. The molecule has 1 saturated heterocycles. The molecule has 1 fully saturated rings. The summed E-state index contributed by atoms with van der Waals surface area (Å²) in [4.78, 5) is 13.3. The first-order chi connectivity index (χ1) is 14.1. The van der Waals surface area contributed by atoms with E-state index in [4.69, 9.17) is 5.10 Å². The van der Waals surface area contributed by atoms with Crippen molar-refractivity contribution in [2.45, 2.75) is 45.3 Å². The number of hydrogen-bond donors (Lipinski definition) is 2. The zero-order valence-corrected chi connectivity index (χ0v) is 18.3. The molecule has 1 amide bonds. The van der Waals surface area contributed by atoms with Gasteiger partial charge in [0.05, 0.1) is 12.2 Å². The van der Waals surface area contributed by atoms with Crippen molar-refractivity contribution in [3.8, 4) is 0 Å². The predicted molar refractivity (Wildman–Crippen MR) is 119 cm³/mol. The van der Waals surface area contributed by atoms with E-state index in [-0.39, 0.29) is 18.3 Å². The smallest absolute Gasteiger partial charge is 0.248 e. The lowest BCUT2D eigenvalue weighted by Crippen LogP contribution is -2.54. The van der Waals surface area contributed by atoms with Crippen molar-refractivity contribution < 1.29 is 4.79 Å². The molecule has 160 valence electrons. The Hall–Kier alpha value is -2.64. The number of amides is 1. The van der Waals surface area contributed by atoms with Crippen molar-refractivity contribution in [1.82, 2.24) is 30.2 Å². The number of carbonyl (C=O) groups is 1. The van der Waals surface area contributed by atoms with Crippen molar-refractivity contribution in [2.75, 3.05) is 13.1 Å². The van der Waals surface area contributed by atoms with Gasteiger partial charge in [-0.1, -0.05) is 30.3 Å². The fourth-order valence-corrected chi connectivity index (χ4v) is 4.16. The SMILES string of the molecule is Cc1nn(Cc2ccccc2)c(C)c1CNC(=O)C1(n2cccn2)CCNCC1.Cl. The van der Waals surface area contributed by atoms with Gasteiger partial charge in [0.1, 0.15) is 5.54 Å². The van der Waals surface area contributed by atoms with Gasteiger partial charge in [-0.15, -0.1) is 12.4 Å². The average Bonchev–Trinajstić information content (AvgIpc) is 3.37. The van der Waals surface area contributed by atoms with Gasteiger partial charge in [-0.25, -0.2) is 0 Å². The molecule has 7 nitrogen and oxygen atoms in total. The summed E-state index contributed by atoms with van der Waals surface area (Å²) >= 11 is 0. The highest BCUT2D eigenvalue weighted by Gasteiger charge is 2.41. The van der Waals surface area contributed by atoms with Gasteiger partial charge in [0.25, 0.3) is 0 Å². The van der Waals surface area contributed by atoms with E-state index >= 15 is 0 Å². The first-order valence-corrected chi connectivity index (χ1v) is 10.2. The quantitative estimate of drug-likeness (QED) is 0.632. The second-order valence-corrected chi connectivity index (χ2v) is 7.71. The van der Waals surface area contributed by atoms with Gasteiger partial charge in [0, 0.05) is 30.2 Å². The first kappa shape index (κ1) is 22.1. The first-order valence-electron chi connectivity index (χ1n) is 10.2. The molecular formula is C22H29ClN6O. The number of hydrogen-bond acceptors (Lipinski definition) is 4. The molecule has 2 aromatic heterocycles. The van der Waals surface area contributed by atoms with Crippen LogP contribution in [0.2, 0.25) is 0 Å². The number of rotatable bonds is 6. The third kappa shape index (κ3) is 4.27. The third-order valence-corrected chi connectivity index (χ3v) is 5.93. The van der Waals surface area contributed by atoms with E-state index in [9.17, 15) is 4.79 Å². The van der Waals surface area contributed by atoms with Crippen molar-refractivity contribution in [3.05, 3.63) is 71.3 Å². The molecule has 0 unspecified atom stereocenters. The third-order valence-electron chi connectivity index (χ3n) is 5.93. The molecule has 30 heavy (non-hydrogen) atoms. The van der Waals surface area contributed by atoms with Crippen LogP contribution in [0, 0.1) is 13.8 Å². The highest BCUT2D eigenvalue weighted by atomic mass is 35.5. The lowest BCUT2D eigenvalue weighted by Gasteiger charge is -2.36. The normalized spacial score (nSPS) is 15.4. The van der Waals surface area contributed by atoms with Gasteiger partial charge in [-0.05, 0) is 51.4 Å². The number of aromatic nitrogens is 4. The van der Waals surface area contributed by atoms with Gasteiger partial charge in [0.2, 0.25) is 5.91 Å². The topological polar surface area (TPSA) is 76.8 Å². The molecule has 0 radical (unpaired) electrons. The maximum absolute atomic E-state index is 13.3. The van der Waals surface area contributed by atoms with Crippen LogP contribution < -0.4 is 10.6 Å². The molecule has 2 N–H and O–H groups in total. The van der Waals surface area contributed by atoms with Crippen LogP contribution in [0.4, 0.5) is 0 Å². The molecule has 1 aliphatic heterocycles. The van der Waals surface area contributed by atoms with Gasteiger partial charge in [-0.2, -0.15) is 10.2 Å². The number of aryl methyl sites for hydroxylation is 1. The Kier molecular flexibility index (Phi) is 6.95. The van der Waals surface area contributed by atoms with Crippen LogP contribution in [-0.2, 0) is 23.4 Å². The highest BCUT2D eigenvalue weighted by Crippen LogP contribution is 2.27. The van der Waals surface area contributed by atoms with Gasteiger partial charge >= 0.3 is 0 Å². The van der Waals surface area contributed by atoms with Crippen LogP contribution in [-0.4, -0.2) is 38.6 Å². The molecule has 0 saturated carbocycles. The van der Waals surface area contributed by atoms with E-state index in [1.165, 1.54) is 5.56 Å². The predicted octanol–water partition coefficient (Wildman–Crippen LogP) is 2.56. The van der Waals surface area contributed by atoms with E-state index in [2.05, 4.69) is 34.8 Å². The maximum atomic E-state index is 13.3. The van der Waals surface area contributed by atoms with Crippen LogP contribution in [0.1, 0.15) is 35.4 Å². The van der Waals surface area contributed by atoms with Gasteiger partial charge in [0.15, 0.2) is 0 Å². The highest BCUT2D eigenvalue weighted by molar-refractivity contribution is 5.85. The summed E-state index contributed by atoms with van der Waals surface area (Å²) in [6, 6.07) is 12.2. The van der Waals surface area contributed by atoms with Crippen molar-refractivity contribution in [2.24, 2.45) is 0 Å². The van der Waals surface area contributed by atoms with Crippen molar-refractivity contribution in [3.63, 3.8) is 0 Å². The lowest BCUT2D eigenvalue weighted by molar-refractivity contribution is -0.132. The van der Waals surface area contributed by atoms with E-state index in [1.807, 2.05) is 46.7 Å². The summed E-state index contributed by atoms with van der Waals surface area (Å²) in [5.41, 5.74) is 3.71. The number of nitrogens with zero attached hydrogens (tertiary/aromatic N) is 4. The Labute approximate surface area is 183 Å². The Bertz CT molecular complexity index is 961. The van der Waals surface area contributed by atoms with E-state index in [0.29, 0.717) is 6.54 Å². The number of benzene rings is 1. The number of carbonyl (C=O) groups excluding carboxylic acids is 1. The van der Waals surface area contributed by atoms with Gasteiger partial charge < -0.3 is 10.6 Å². The monoisotopic (exact) mass is 428 g/mol. The average molecular weight is 429 g/mol. The Morgan fingerprint density at radius 2 is 1.90 bits per heavy atom. The summed E-state index contributed by atoms with van der Waals surface area (Å²) < 4.78 is 3.83. The largest absolute Gasteiger partial charge is 0.350 e. The zero-order valence-electron chi connectivity index (χ0n) is 17.5. The van der Waals surface area contributed by atoms with Gasteiger partial charge in [-0.3, -0.25) is 14.2 Å². The molecule has 8 heteroatoms. The minimum Gasteiger partial charge on any atom is -0.350 e. The van der Waals surface area contributed by atoms with Crippen LogP contribution in [0.3, 0.4) is 0 Å². The van der Waals surface area contributed by atoms with Crippen LogP contribution in [0.15, 0.2) is 48.8 Å². The number of piperidine rings is 1. The molecule has 0 bridgehead atoms. The minimum absolute atomic E-state index is 0. The van der Waals surface area contributed by atoms with E-state index < -0.39 is 5.54 Å². The molecule has 0 aliphatic carbocycles. The second kappa shape index (κ2) is 9.45. The fourth-order valence-electron chi connectivity index (χ4n) is 4.16. The zero-order chi connectivity index (χ0) is 20.3. The maximum Gasteiger partial charge on any atom is 0.248 e. The van der Waals surface area contributed by atoms with Crippen LogP contribution >= 0.6 is 12.4 Å². The fraction of sp³-hybridized carbons (Fsp3) is 0.409. The number of halogens is 1. The summed E-state index contributed by atoms with van der Waals surface area (Å²) in [5, 5.41) is 15.6. The van der Waals surface area contributed by atoms with Crippen LogP contribution in [0.5, 0.6) is 0 Å². The molecule has 1 aromatic carbocycles. The standard InChI is InChI=1S/C22H28N6O.ClH/c1-17-20(18(2)27(26-17)16-19-7-4-3-5-8-19)15-24-21(29)22(9-12-23-13-10-22)28-14-6-11-25-28;/h3-8,11,14,23H,9-10,12-13,15-16H2,1-2H3,(H,24,29);1H. The summed E-state index contributed by atoms with van der Waals surface area (Å²) in [6.45, 7) is 6.88. The lowest BCUT2D eigenvalue weighted by atomic mass is 9.87. The molecule has 0 spiro atoms. The minimum atomic E-state index is -0.628. The molecule has 0 atom stereocenters. The molecule has 1 aliphatic rings. The Morgan fingerprint density at radius 3 is 2.57 bits per heavy atom. The van der Waals surface area contributed by atoms with Crippen molar-refractivity contribution in [1.29, 1.82) is 0 Å². The Morgan fingerprint density at radius 1 is 1.17 bits per heavy atom. The summed E-state index contributed by atoms with van der Waals surface area (Å²) in [6.07, 6.45) is 5.08. The molecule has 4 rings (SSSR count). The molecule has 3 heterocycles. The van der Waals surface area contributed by atoms with E-state index in [0.717, 1.165) is 49.4 Å². The summed E-state index contributed by atoms with van der Waals surface area (Å²) in [7, 11) is 0. The molecule has 3 aromatic rings. The van der Waals surface area contributed by atoms with E-state index in [1.54, 1.807) is 6.20 Å². The van der Waals surface area contributed by atoms with Crippen LogP contribution in [0.25, 0.3) is 0 Å². The number of nitrogens with one attached hydrogen (secondary N) is 2. The summed E-state index contributed by atoms with van der Waals surface area (Å²) in [5.74, 6) is 0.0253. The molecular weight excluding hydrogens is 400 g/mol. The van der Waals surface area contributed by atoms with Crippen molar-refractivity contribution >= 4 is 18.3 Å². The second-order valence-electron chi connectivity index (χ2n) is 7.71.